The number of nitrogens with zero attached hydrogens (tertiary/aromatic N) is 1. The fourth-order valence-corrected chi connectivity index (χ4v) is 12.5. The Bertz CT molecular complexity index is 3780. The molecule has 0 amide bonds. The van der Waals surface area contributed by atoms with Gasteiger partial charge in [0.1, 0.15) is 0 Å². The Labute approximate surface area is 403 Å². The molecule has 1 nitrogen and oxygen atoms in total. The fraction of sp³-hybridized carbons (Fsp3) is 0.0909. The highest BCUT2D eigenvalue weighted by Gasteiger charge is 2.38. The van der Waals surface area contributed by atoms with Crippen molar-refractivity contribution in [2.45, 2.75) is 38.5 Å². The Hall–Kier alpha value is -7.78. The second-order valence-corrected chi connectivity index (χ2v) is 20.8. The van der Waals surface area contributed by atoms with Gasteiger partial charge in [-0.15, -0.1) is 11.3 Å². The molecule has 68 heavy (non-hydrogen) atoms. The van der Waals surface area contributed by atoms with Crippen LogP contribution in [-0.2, 0) is 10.8 Å². The van der Waals surface area contributed by atoms with Crippen LogP contribution in [0.15, 0.2) is 224 Å². The summed E-state index contributed by atoms with van der Waals surface area (Å²) in [4.78, 5) is 2.48. The van der Waals surface area contributed by atoms with Crippen LogP contribution in [-0.4, -0.2) is 0 Å². The molecule has 0 saturated heterocycles. The maximum atomic E-state index is 2.48. The highest BCUT2D eigenvalue weighted by Crippen LogP contribution is 2.54. The highest BCUT2D eigenvalue weighted by molar-refractivity contribution is 7.25. The number of hydrogen-bond donors (Lipinski definition) is 0. The summed E-state index contributed by atoms with van der Waals surface area (Å²) < 4.78 is 2.67. The Morgan fingerprint density at radius 3 is 1.24 bits per heavy atom. The van der Waals surface area contributed by atoms with Crippen LogP contribution < -0.4 is 4.90 Å². The van der Waals surface area contributed by atoms with Crippen molar-refractivity contribution < 1.29 is 0 Å². The van der Waals surface area contributed by atoms with Crippen LogP contribution in [0, 0.1) is 0 Å². The van der Waals surface area contributed by atoms with Crippen LogP contribution in [0.25, 0.3) is 86.9 Å². The number of hydrogen-bond acceptors (Lipinski definition) is 2. The third-order valence-corrected chi connectivity index (χ3v) is 16.2. The molecule has 11 aromatic rings. The fourth-order valence-electron chi connectivity index (χ4n) is 11.4. The summed E-state index contributed by atoms with van der Waals surface area (Å²) in [7, 11) is 0. The van der Waals surface area contributed by atoms with Crippen molar-refractivity contribution in [3.63, 3.8) is 0 Å². The minimum Gasteiger partial charge on any atom is -0.310 e. The zero-order valence-electron chi connectivity index (χ0n) is 38.7. The molecule has 1 aromatic heterocycles. The molecular formula is C66H49NS. The van der Waals surface area contributed by atoms with Crippen molar-refractivity contribution in [2.24, 2.45) is 0 Å². The van der Waals surface area contributed by atoms with Crippen LogP contribution in [0.5, 0.6) is 0 Å². The summed E-state index contributed by atoms with van der Waals surface area (Å²) in [5, 5.41) is 2.67. The minimum atomic E-state index is -0.215. The van der Waals surface area contributed by atoms with Gasteiger partial charge >= 0.3 is 0 Å². The second kappa shape index (κ2) is 15.4. The van der Waals surface area contributed by atoms with Gasteiger partial charge in [0.25, 0.3) is 0 Å². The lowest BCUT2D eigenvalue weighted by atomic mass is 9.81. The number of thiophene rings is 1. The SMILES string of the molecule is CC1(C)c2cc(-c3ccccc3)ccc2-c2ccc(N(c3ccc(-c4cccc(-c5ccccc5)c4)cc3)c3ccc4c(c3)C(C)(C)c3cc(-c5ccc6sc7ccccc7c6c5)ccc3-4)cc21. The lowest BCUT2D eigenvalue weighted by Crippen LogP contribution is -2.18. The minimum absolute atomic E-state index is 0.189. The van der Waals surface area contributed by atoms with Gasteiger partial charge < -0.3 is 4.90 Å². The molecule has 2 heteroatoms. The molecule has 13 rings (SSSR count). The molecule has 0 spiro atoms. The van der Waals surface area contributed by atoms with E-state index >= 15 is 0 Å². The van der Waals surface area contributed by atoms with Crippen molar-refractivity contribution in [3.8, 4) is 66.8 Å². The van der Waals surface area contributed by atoms with E-state index in [9.17, 15) is 0 Å². The molecule has 2 aliphatic rings. The number of rotatable bonds is 7. The van der Waals surface area contributed by atoms with Gasteiger partial charge in [-0.05, 0) is 162 Å². The Morgan fingerprint density at radius 1 is 0.279 bits per heavy atom. The molecule has 2 aliphatic carbocycles. The molecule has 0 unspecified atom stereocenters. The predicted molar refractivity (Wildman–Crippen MR) is 291 cm³/mol. The van der Waals surface area contributed by atoms with E-state index < -0.39 is 0 Å². The van der Waals surface area contributed by atoms with E-state index in [0.29, 0.717) is 0 Å². The summed E-state index contributed by atoms with van der Waals surface area (Å²) in [6, 6.07) is 83.8. The third-order valence-electron chi connectivity index (χ3n) is 15.1. The Balaban J connectivity index is 0.907. The Morgan fingerprint density at radius 2 is 0.662 bits per heavy atom. The topological polar surface area (TPSA) is 3.24 Å². The molecule has 0 bridgehead atoms. The molecule has 0 radical (unpaired) electrons. The highest BCUT2D eigenvalue weighted by atomic mass is 32.1. The maximum absolute atomic E-state index is 2.48. The van der Waals surface area contributed by atoms with Crippen molar-refractivity contribution in [3.05, 3.63) is 247 Å². The Kier molecular flexibility index (Phi) is 9.16. The third kappa shape index (κ3) is 6.43. The molecule has 10 aromatic carbocycles. The first-order valence-corrected chi connectivity index (χ1v) is 24.6. The lowest BCUT2D eigenvalue weighted by Gasteiger charge is -2.30. The van der Waals surface area contributed by atoms with E-state index in [0.717, 1.165) is 17.1 Å². The lowest BCUT2D eigenvalue weighted by molar-refractivity contribution is 0.660. The molecule has 0 aliphatic heterocycles. The van der Waals surface area contributed by atoms with Gasteiger partial charge in [-0.25, -0.2) is 0 Å². The van der Waals surface area contributed by atoms with Gasteiger partial charge in [-0.1, -0.05) is 179 Å². The van der Waals surface area contributed by atoms with Crippen LogP contribution in [0.1, 0.15) is 49.9 Å². The monoisotopic (exact) mass is 887 g/mol. The van der Waals surface area contributed by atoms with Crippen molar-refractivity contribution in [2.75, 3.05) is 4.90 Å². The van der Waals surface area contributed by atoms with E-state index in [4.69, 9.17) is 0 Å². The predicted octanol–water partition coefficient (Wildman–Crippen LogP) is 18.8. The molecular weight excluding hydrogens is 839 g/mol. The van der Waals surface area contributed by atoms with E-state index in [1.54, 1.807) is 0 Å². The number of fused-ring (bicyclic) bond motifs is 9. The average molecular weight is 888 g/mol. The summed E-state index contributed by atoms with van der Waals surface area (Å²) >= 11 is 1.87. The zero-order valence-corrected chi connectivity index (χ0v) is 39.5. The zero-order chi connectivity index (χ0) is 45.7. The molecule has 0 N–H and O–H groups in total. The maximum Gasteiger partial charge on any atom is 0.0465 e. The van der Waals surface area contributed by atoms with E-state index in [2.05, 4.69) is 257 Å². The normalized spacial score (nSPS) is 13.8. The quantitative estimate of drug-likeness (QED) is 0.154. The second-order valence-electron chi connectivity index (χ2n) is 19.7. The van der Waals surface area contributed by atoms with Crippen molar-refractivity contribution in [1.29, 1.82) is 0 Å². The van der Waals surface area contributed by atoms with Gasteiger partial charge in [0.05, 0.1) is 0 Å². The van der Waals surface area contributed by atoms with Crippen LogP contribution in [0.3, 0.4) is 0 Å². The van der Waals surface area contributed by atoms with Gasteiger partial charge in [-0.3, -0.25) is 0 Å². The van der Waals surface area contributed by atoms with Gasteiger partial charge in [0.15, 0.2) is 0 Å². The summed E-state index contributed by atoms with van der Waals surface area (Å²) in [6.45, 7) is 9.59. The van der Waals surface area contributed by atoms with Crippen LogP contribution in [0.4, 0.5) is 17.1 Å². The van der Waals surface area contributed by atoms with Gasteiger partial charge in [0.2, 0.25) is 0 Å². The molecule has 324 valence electrons. The van der Waals surface area contributed by atoms with E-state index in [1.807, 2.05) is 11.3 Å². The average Bonchev–Trinajstić information content (AvgIpc) is 3.95. The molecule has 0 atom stereocenters. The van der Waals surface area contributed by atoms with Crippen molar-refractivity contribution >= 4 is 48.6 Å². The number of anilines is 3. The molecule has 0 fully saturated rings. The largest absolute Gasteiger partial charge is 0.310 e. The molecule has 0 saturated carbocycles. The summed E-state index contributed by atoms with van der Waals surface area (Å²) in [6.07, 6.45) is 0. The van der Waals surface area contributed by atoms with Gasteiger partial charge in [0, 0.05) is 48.1 Å². The summed E-state index contributed by atoms with van der Waals surface area (Å²) in [5.74, 6) is 0. The molecule has 1 heterocycles. The first-order valence-electron chi connectivity index (χ1n) is 23.8. The number of benzene rings is 10. The standard InChI is InChI=1S/C66H49NS/c1-65(2)59-38-48(43-16-9-6-10-17-43)24-31-53(59)55-33-29-51(40-61(55)65)67(50-27-22-44(23-28-50)46-19-13-18-45(36-46)42-14-7-5-8-15-42)52-30-34-56-54-32-25-49(39-60(54)66(3,4)62(56)41-52)47-26-35-64-58(37-47)57-20-11-12-21-63(57)68-64/h5-41H,1-4H3. The summed E-state index contributed by atoms with van der Waals surface area (Å²) in [5.41, 5.74) is 23.6. The first kappa shape index (κ1) is 40.5. The van der Waals surface area contributed by atoms with Crippen LogP contribution in [0.2, 0.25) is 0 Å². The van der Waals surface area contributed by atoms with Crippen LogP contribution >= 0.6 is 11.3 Å². The first-order chi connectivity index (χ1) is 33.2. The smallest absolute Gasteiger partial charge is 0.0465 e. The van der Waals surface area contributed by atoms with Gasteiger partial charge in [-0.2, -0.15) is 0 Å². The van der Waals surface area contributed by atoms with E-state index in [1.165, 1.54) is 109 Å². The van der Waals surface area contributed by atoms with E-state index in [-0.39, 0.29) is 10.8 Å². The van der Waals surface area contributed by atoms with Crippen molar-refractivity contribution in [1.82, 2.24) is 0 Å².